The predicted octanol–water partition coefficient (Wildman–Crippen LogP) is 2.26. The molecule has 1 amide bonds. The number of aryl methyl sites for hydroxylation is 2. The Kier molecular flexibility index (Phi) is 4.51. The summed E-state index contributed by atoms with van der Waals surface area (Å²) < 4.78 is 1.74. The van der Waals surface area contributed by atoms with E-state index >= 15 is 0 Å². The predicted molar refractivity (Wildman–Crippen MR) is 92.3 cm³/mol. The summed E-state index contributed by atoms with van der Waals surface area (Å²) in [6.07, 6.45) is 6.97. The lowest BCUT2D eigenvalue weighted by atomic mass is 10.1. The van der Waals surface area contributed by atoms with Crippen LogP contribution in [0.4, 0.5) is 0 Å². The van der Waals surface area contributed by atoms with Crippen molar-refractivity contribution in [3.8, 4) is 5.69 Å². The molecule has 126 valence electrons. The third kappa shape index (κ3) is 3.17. The van der Waals surface area contributed by atoms with Gasteiger partial charge in [0.25, 0.3) is 0 Å². The van der Waals surface area contributed by atoms with Crippen molar-refractivity contribution in [1.82, 2.24) is 25.1 Å². The summed E-state index contributed by atoms with van der Waals surface area (Å²) in [6, 6.07) is 6.42. The van der Waals surface area contributed by atoms with Gasteiger partial charge in [0.2, 0.25) is 11.1 Å². The van der Waals surface area contributed by atoms with Gasteiger partial charge in [-0.15, -0.1) is 5.10 Å². The minimum Gasteiger partial charge on any atom is -0.342 e. The Hall–Kier alpha value is -1.89. The summed E-state index contributed by atoms with van der Waals surface area (Å²) in [4.78, 5) is 14.3. The first-order valence-electron chi connectivity index (χ1n) is 8.62. The van der Waals surface area contributed by atoms with Crippen LogP contribution in [0.1, 0.15) is 36.8 Å². The van der Waals surface area contributed by atoms with Crippen molar-refractivity contribution in [2.24, 2.45) is 0 Å². The quantitative estimate of drug-likeness (QED) is 0.797. The monoisotopic (exact) mass is 343 g/mol. The van der Waals surface area contributed by atoms with Crippen LogP contribution in [0.5, 0.6) is 0 Å². The number of carbonyl (C=O) groups excluding carboxylic acids is 1. The van der Waals surface area contributed by atoms with Crippen LogP contribution in [0.25, 0.3) is 5.69 Å². The van der Waals surface area contributed by atoms with E-state index in [-0.39, 0.29) is 5.91 Å². The van der Waals surface area contributed by atoms with Crippen LogP contribution in [0, 0.1) is 0 Å². The van der Waals surface area contributed by atoms with Gasteiger partial charge in [0.05, 0.1) is 11.4 Å². The van der Waals surface area contributed by atoms with Crippen LogP contribution < -0.4 is 0 Å². The number of amides is 1. The molecule has 0 saturated carbocycles. The molecule has 0 bridgehead atoms. The molecule has 0 radical (unpaired) electrons. The number of nitrogens with zero attached hydrogens (tertiary/aromatic N) is 5. The highest BCUT2D eigenvalue weighted by Crippen LogP contribution is 2.26. The second kappa shape index (κ2) is 6.93. The van der Waals surface area contributed by atoms with Crippen molar-refractivity contribution in [1.29, 1.82) is 0 Å². The highest BCUT2D eigenvalue weighted by atomic mass is 32.2. The first-order valence-corrected chi connectivity index (χ1v) is 9.61. The zero-order valence-electron chi connectivity index (χ0n) is 13.6. The summed E-state index contributed by atoms with van der Waals surface area (Å²) >= 11 is 1.42. The number of hydrogen-bond donors (Lipinski definition) is 0. The molecule has 2 heterocycles. The van der Waals surface area contributed by atoms with E-state index in [0.717, 1.165) is 44.5 Å². The number of likely N-dealkylation sites (tertiary alicyclic amines) is 1. The SMILES string of the molecule is O=C(CSc1nnnn1-c1ccc2c(c1)CCC2)N1CCCCC1. The van der Waals surface area contributed by atoms with Gasteiger partial charge >= 0.3 is 0 Å². The van der Waals surface area contributed by atoms with Gasteiger partial charge in [0, 0.05) is 13.1 Å². The van der Waals surface area contributed by atoms with Crippen LogP contribution in [-0.2, 0) is 17.6 Å². The van der Waals surface area contributed by atoms with E-state index in [2.05, 4.69) is 33.7 Å². The minimum atomic E-state index is 0.184. The molecule has 24 heavy (non-hydrogen) atoms. The van der Waals surface area contributed by atoms with Crippen molar-refractivity contribution in [3.63, 3.8) is 0 Å². The minimum absolute atomic E-state index is 0.184. The zero-order chi connectivity index (χ0) is 16.4. The van der Waals surface area contributed by atoms with Crippen LogP contribution >= 0.6 is 11.8 Å². The maximum atomic E-state index is 12.3. The molecule has 4 rings (SSSR count). The summed E-state index contributed by atoms with van der Waals surface area (Å²) in [6.45, 7) is 1.77. The number of piperidine rings is 1. The number of hydrogen-bond acceptors (Lipinski definition) is 5. The summed E-state index contributed by atoms with van der Waals surface area (Å²) in [7, 11) is 0. The van der Waals surface area contributed by atoms with Gasteiger partial charge in [-0.25, -0.2) is 0 Å². The van der Waals surface area contributed by atoms with E-state index in [1.807, 2.05) is 4.90 Å². The lowest BCUT2D eigenvalue weighted by Gasteiger charge is -2.26. The molecule has 1 saturated heterocycles. The largest absolute Gasteiger partial charge is 0.342 e. The lowest BCUT2D eigenvalue weighted by Crippen LogP contribution is -2.36. The van der Waals surface area contributed by atoms with Gasteiger partial charge in [0.1, 0.15) is 0 Å². The zero-order valence-corrected chi connectivity index (χ0v) is 14.5. The maximum absolute atomic E-state index is 12.3. The highest BCUT2D eigenvalue weighted by molar-refractivity contribution is 7.99. The topological polar surface area (TPSA) is 63.9 Å². The normalized spacial score (nSPS) is 17.1. The number of thioether (sulfide) groups is 1. The van der Waals surface area contributed by atoms with Gasteiger partial charge in [-0.3, -0.25) is 4.79 Å². The fraction of sp³-hybridized carbons (Fsp3) is 0.529. The Balaban J connectivity index is 1.45. The molecular formula is C17H21N5OS. The van der Waals surface area contributed by atoms with Crippen molar-refractivity contribution in [2.75, 3.05) is 18.8 Å². The number of benzene rings is 1. The average molecular weight is 343 g/mol. The Morgan fingerprint density at radius 3 is 2.79 bits per heavy atom. The Morgan fingerprint density at radius 2 is 1.92 bits per heavy atom. The highest BCUT2D eigenvalue weighted by Gasteiger charge is 2.19. The van der Waals surface area contributed by atoms with E-state index in [0.29, 0.717) is 10.9 Å². The van der Waals surface area contributed by atoms with E-state index in [1.165, 1.54) is 35.7 Å². The van der Waals surface area contributed by atoms with Gasteiger partial charge < -0.3 is 4.90 Å². The first-order chi connectivity index (χ1) is 11.8. The molecule has 1 aromatic heterocycles. The molecule has 1 aliphatic carbocycles. The summed E-state index contributed by atoms with van der Waals surface area (Å²) in [5, 5.41) is 12.7. The molecule has 1 aliphatic heterocycles. The van der Waals surface area contributed by atoms with E-state index in [9.17, 15) is 4.79 Å². The maximum Gasteiger partial charge on any atom is 0.233 e. The van der Waals surface area contributed by atoms with Crippen molar-refractivity contribution in [3.05, 3.63) is 29.3 Å². The fourth-order valence-corrected chi connectivity index (χ4v) is 4.28. The summed E-state index contributed by atoms with van der Waals surface area (Å²) in [5.74, 6) is 0.578. The number of carbonyl (C=O) groups is 1. The average Bonchev–Trinajstić information content (AvgIpc) is 3.28. The molecule has 0 N–H and O–H groups in total. The van der Waals surface area contributed by atoms with E-state index in [4.69, 9.17) is 0 Å². The van der Waals surface area contributed by atoms with Crippen LogP contribution in [-0.4, -0.2) is 49.9 Å². The van der Waals surface area contributed by atoms with Crippen molar-refractivity contribution >= 4 is 17.7 Å². The van der Waals surface area contributed by atoms with E-state index < -0.39 is 0 Å². The standard InChI is InChI=1S/C17H21N5OS/c23-16(21-9-2-1-3-10-21)12-24-17-18-19-20-22(17)15-8-7-13-5-4-6-14(13)11-15/h7-8,11H,1-6,9-10,12H2. The molecule has 0 spiro atoms. The molecule has 1 aromatic carbocycles. The van der Waals surface area contributed by atoms with Gasteiger partial charge in [-0.2, -0.15) is 4.68 Å². The molecule has 0 unspecified atom stereocenters. The van der Waals surface area contributed by atoms with Crippen LogP contribution in [0.15, 0.2) is 23.4 Å². The number of aromatic nitrogens is 4. The van der Waals surface area contributed by atoms with Gasteiger partial charge in [-0.1, -0.05) is 17.8 Å². The first kappa shape index (κ1) is 15.6. The molecule has 7 heteroatoms. The Morgan fingerprint density at radius 1 is 1.08 bits per heavy atom. The smallest absolute Gasteiger partial charge is 0.233 e. The van der Waals surface area contributed by atoms with Crippen molar-refractivity contribution in [2.45, 2.75) is 43.7 Å². The molecular weight excluding hydrogens is 322 g/mol. The Bertz CT molecular complexity index is 738. The van der Waals surface area contributed by atoms with Crippen LogP contribution in [0.2, 0.25) is 0 Å². The third-order valence-electron chi connectivity index (χ3n) is 4.80. The number of rotatable bonds is 4. The molecule has 0 atom stereocenters. The van der Waals surface area contributed by atoms with Gasteiger partial charge in [-0.05, 0) is 72.2 Å². The molecule has 6 nitrogen and oxygen atoms in total. The van der Waals surface area contributed by atoms with E-state index in [1.54, 1.807) is 4.68 Å². The fourth-order valence-electron chi connectivity index (χ4n) is 3.48. The second-order valence-corrected chi connectivity index (χ2v) is 7.35. The van der Waals surface area contributed by atoms with Gasteiger partial charge in [0.15, 0.2) is 0 Å². The van der Waals surface area contributed by atoms with Crippen molar-refractivity contribution < 1.29 is 4.79 Å². The lowest BCUT2D eigenvalue weighted by molar-refractivity contribution is -0.129. The molecule has 2 aliphatic rings. The summed E-state index contributed by atoms with van der Waals surface area (Å²) in [5.41, 5.74) is 3.80. The number of tetrazole rings is 1. The number of fused-ring (bicyclic) bond motifs is 1. The second-order valence-electron chi connectivity index (χ2n) is 6.41. The molecule has 2 aromatic rings. The Labute approximate surface area is 145 Å². The third-order valence-corrected chi connectivity index (χ3v) is 5.71. The molecule has 1 fully saturated rings. The van der Waals surface area contributed by atoms with Crippen LogP contribution in [0.3, 0.4) is 0 Å².